The Hall–Kier alpha value is -0.910. The molecule has 0 saturated carbocycles. The molecule has 4 N–H and O–H groups in total. The number of aliphatic hydroxyl groups is 3. The van der Waals surface area contributed by atoms with Gasteiger partial charge >= 0.3 is 0 Å². The van der Waals surface area contributed by atoms with Crippen molar-refractivity contribution in [1.29, 1.82) is 0 Å². The summed E-state index contributed by atoms with van der Waals surface area (Å²) < 4.78 is 22.5. The Balaban J connectivity index is 2.82. The van der Waals surface area contributed by atoms with Crippen LogP contribution in [0.5, 0.6) is 0 Å². The highest BCUT2D eigenvalue weighted by Crippen LogP contribution is 2.28. The summed E-state index contributed by atoms with van der Waals surface area (Å²) in [5.41, 5.74) is -0.600. The van der Waals surface area contributed by atoms with Gasteiger partial charge in [0.05, 0.1) is 5.60 Å². The summed E-state index contributed by atoms with van der Waals surface area (Å²) in [6.07, 6.45) is -5.03. The molecule has 0 bridgehead atoms. The van der Waals surface area contributed by atoms with E-state index in [0.717, 1.165) is 0 Å². The largest absolute Gasteiger partial charge is 0.388 e. The number of carbonyl (C=O) groups excluding carboxylic acids is 1. The fraction of sp³-hybridized carbons (Fsp3) is 0.850. The van der Waals surface area contributed by atoms with Gasteiger partial charge in [-0.3, -0.25) is 4.79 Å². The van der Waals surface area contributed by atoms with Gasteiger partial charge in [-0.2, -0.15) is 0 Å². The second-order valence-corrected chi connectivity index (χ2v) is 8.18. The summed E-state index contributed by atoms with van der Waals surface area (Å²) in [5, 5.41) is 34.1. The van der Waals surface area contributed by atoms with E-state index in [1.165, 1.54) is 20.1 Å². The first-order valence-electron chi connectivity index (χ1n) is 9.92. The van der Waals surface area contributed by atoms with Gasteiger partial charge in [0.1, 0.15) is 30.5 Å². The topological polar surface area (TPSA) is 127 Å². The van der Waals surface area contributed by atoms with Crippen molar-refractivity contribution in [2.24, 2.45) is 0 Å². The second-order valence-electron chi connectivity index (χ2n) is 8.18. The van der Waals surface area contributed by atoms with E-state index >= 15 is 0 Å². The monoisotopic (exact) mass is 419 g/mol. The highest BCUT2D eigenvalue weighted by Gasteiger charge is 2.47. The van der Waals surface area contributed by atoms with Crippen LogP contribution in [0.4, 0.5) is 0 Å². The van der Waals surface area contributed by atoms with Crippen LogP contribution in [-0.4, -0.2) is 90.0 Å². The third-order valence-electron chi connectivity index (χ3n) is 4.38. The molecule has 0 aromatic rings. The second kappa shape index (κ2) is 12.1. The average molecular weight is 420 g/mol. The van der Waals surface area contributed by atoms with Gasteiger partial charge in [0.25, 0.3) is 0 Å². The summed E-state index contributed by atoms with van der Waals surface area (Å²) >= 11 is 0. The lowest BCUT2D eigenvalue weighted by molar-refractivity contribution is -0.340. The number of methoxy groups -OCH3 is 1. The lowest BCUT2D eigenvalue weighted by atomic mass is 9.97. The zero-order valence-corrected chi connectivity index (χ0v) is 18.0. The van der Waals surface area contributed by atoms with Gasteiger partial charge in [0.2, 0.25) is 0 Å². The zero-order valence-electron chi connectivity index (χ0n) is 18.0. The molecule has 1 aliphatic rings. The van der Waals surface area contributed by atoms with E-state index in [0.29, 0.717) is 19.4 Å². The number of allylic oxidation sites excluding steroid dienone is 1. The van der Waals surface area contributed by atoms with E-state index in [2.05, 4.69) is 11.9 Å². The third kappa shape index (κ3) is 8.77. The van der Waals surface area contributed by atoms with Crippen LogP contribution in [0.3, 0.4) is 0 Å². The molecule has 170 valence electrons. The number of rotatable bonds is 12. The van der Waals surface area contributed by atoms with Gasteiger partial charge in [-0.1, -0.05) is 6.58 Å². The molecule has 7 unspecified atom stereocenters. The Labute approximate surface area is 173 Å². The molecule has 1 aliphatic heterocycles. The van der Waals surface area contributed by atoms with Crippen LogP contribution in [0.25, 0.3) is 0 Å². The van der Waals surface area contributed by atoms with Crippen molar-refractivity contribution in [3.63, 3.8) is 0 Å². The van der Waals surface area contributed by atoms with E-state index in [9.17, 15) is 20.1 Å². The summed E-state index contributed by atoms with van der Waals surface area (Å²) in [6, 6.07) is 0. The SMILES string of the molecule is C=CC(=O)CCCNCC1OC(OC(C)(C)C)C(O)C(O)C1OC(OC)C(C)O. The van der Waals surface area contributed by atoms with Crippen LogP contribution in [-0.2, 0) is 23.7 Å². The fourth-order valence-corrected chi connectivity index (χ4v) is 2.94. The first-order chi connectivity index (χ1) is 13.5. The molecule has 7 atom stereocenters. The average Bonchev–Trinajstić information content (AvgIpc) is 2.63. The molecule has 0 aliphatic carbocycles. The van der Waals surface area contributed by atoms with Crippen molar-refractivity contribution < 1.29 is 39.1 Å². The summed E-state index contributed by atoms with van der Waals surface area (Å²) in [4.78, 5) is 11.3. The Kier molecular flexibility index (Phi) is 10.9. The minimum atomic E-state index is -1.34. The maximum Gasteiger partial charge on any atom is 0.187 e. The van der Waals surface area contributed by atoms with Gasteiger partial charge in [-0.25, -0.2) is 0 Å². The maximum atomic E-state index is 11.3. The molecule has 0 aromatic carbocycles. The minimum Gasteiger partial charge on any atom is -0.388 e. The number of aliphatic hydroxyl groups excluding tert-OH is 3. The number of hydrogen-bond donors (Lipinski definition) is 4. The van der Waals surface area contributed by atoms with Crippen LogP contribution in [0.1, 0.15) is 40.5 Å². The van der Waals surface area contributed by atoms with E-state index in [-0.39, 0.29) is 12.3 Å². The van der Waals surface area contributed by atoms with Gasteiger partial charge in [0.15, 0.2) is 18.4 Å². The van der Waals surface area contributed by atoms with Crippen LogP contribution in [0.15, 0.2) is 12.7 Å². The standard InChI is InChI=1S/C20H37NO8/c1-7-13(23)9-8-10-21-11-14-17(28-18(26-6)12(2)22)15(24)16(25)19(27-14)29-20(3,4)5/h7,12,14-19,21-22,24-25H,1,8-11H2,2-6H3. The van der Waals surface area contributed by atoms with Crippen LogP contribution < -0.4 is 5.32 Å². The summed E-state index contributed by atoms with van der Waals surface area (Å²) in [7, 11) is 1.37. The van der Waals surface area contributed by atoms with E-state index < -0.39 is 48.7 Å². The van der Waals surface area contributed by atoms with Crippen molar-refractivity contribution in [1.82, 2.24) is 5.32 Å². The Bertz CT molecular complexity index is 507. The Morgan fingerprint density at radius 2 is 1.97 bits per heavy atom. The Morgan fingerprint density at radius 1 is 1.31 bits per heavy atom. The summed E-state index contributed by atoms with van der Waals surface area (Å²) in [6.45, 7) is 11.2. The van der Waals surface area contributed by atoms with Crippen LogP contribution in [0, 0.1) is 0 Å². The number of ether oxygens (including phenoxy) is 4. The van der Waals surface area contributed by atoms with E-state index in [1.807, 2.05) is 20.8 Å². The molecule has 0 aromatic heterocycles. The molecule has 29 heavy (non-hydrogen) atoms. The molecule has 1 heterocycles. The fourth-order valence-electron chi connectivity index (χ4n) is 2.94. The molecule has 1 saturated heterocycles. The van der Waals surface area contributed by atoms with Crippen LogP contribution in [0.2, 0.25) is 0 Å². The third-order valence-corrected chi connectivity index (χ3v) is 4.38. The predicted molar refractivity (Wildman–Crippen MR) is 106 cm³/mol. The quantitative estimate of drug-likeness (QED) is 0.198. The normalized spacial score (nSPS) is 30.0. The van der Waals surface area contributed by atoms with Crippen molar-refractivity contribution in [2.75, 3.05) is 20.2 Å². The van der Waals surface area contributed by atoms with E-state index in [1.54, 1.807) is 0 Å². The molecule has 0 radical (unpaired) electrons. The number of hydrogen-bond acceptors (Lipinski definition) is 9. The maximum absolute atomic E-state index is 11.3. The molecular weight excluding hydrogens is 382 g/mol. The van der Waals surface area contributed by atoms with Crippen molar-refractivity contribution in [3.8, 4) is 0 Å². The number of nitrogens with one attached hydrogen (secondary N) is 1. The molecule has 0 spiro atoms. The Morgan fingerprint density at radius 3 is 2.48 bits per heavy atom. The predicted octanol–water partition coefficient (Wildman–Crippen LogP) is 0.112. The van der Waals surface area contributed by atoms with Crippen molar-refractivity contribution in [3.05, 3.63) is 12.7 Å². The molecular formula is C20H37NO8. The van der Waals surface area contributed by atoms with Gasteiger partial charge in [-0.15, -0.1) is 0 Å². The molecule has 1 rings (SSSR count). The first kappa shape index (κ1) is 26.1. The van der Waals surface area contributed by atoms with Crippen molar-refractivity contribution >= 4 is 5.78 Å². The highest BCUT2D eigenvalue weighted by molar-refractivity contribution is 5.88. The lowest BCUT2D eigenvalue weighted by Crippen LogP contribution is -2.63. The number of carbonyl (C=O) groups is 1. The lowest BCUT2D eigenvalue weighted by Gasteiger charge is -2.45. The van der Waals surface area contributed by atoms with Gasteiger partial charge < -0.3 is 39.6 Å². The molecule has 0 amide bonds. The van der Waals surface area contributed by atoms with Crippen molar-refractivity contribution in [2.45, 2.75) is 89.2 Å². The molecule has 9 nitrogen and oxygen atoms in total. The van der Waals surface area contributed by atoms with Gasteiger partial charge in [0, 0.05) is 20.1 Å². The minimum absolute atomic E-state index is 0.0287. The van der Waals surface area contributed by atoms with E-state index in [4.69, 9.17) is 18.9 Å². The first-order valence-corrected chi connectivity index (χ1v) is 9.92. The molecule has 9 heteroatoms. The molecule has 1 fully saturated rings. The summed E-state index contributed by atoms with van der Waals surface area (Å²) in [5.74, 6) is -0.0287. The number of ketones is 1. The zero-order chi connectivity index (χ0) is 22.2. The highest BCUT2D eigenvalue weighted by atomic mass is 16.7. The van der Waals surface area contributed by atoms with Crippen LogP contribution >= 0.6 is 0 Å². The van der Waals surface area contributed by atoms with Gasteiger partial charge in [-0.05, 0) is 46.7 Å². The smallest absolute Gasteiger partial charge is 0.187 e.